The third-order valence-electron chi connectivity index (χ3n) is 4.58. The molecule has 4 rings (SSSR count). The van der Waals surface area contributed by atoms with Gasteiger partial charge in [-0.15, -0.1) is 0 Å². The molecule has 2 aromatic rings. The van der Waals surface area contributed by atoms with Gasteiger partial charge in [0.2, 0.25) is 5.76 Å². The van der Waals surface area contributed by atoms with Gasteiger partial charge in [0, 0.05) is 23.2 Å². The quantitative estimate of drug-likeness (QED) is 0.846. The van der Waals surface area contributed by atoms with Gasteiger partial charge in [0.15, 0.2) is 0 Å². The molecule has 5 nitrogen and oxygen atoms in total. The third-order valence-corrected chi connectivity index (χ3v) is 4.82. The number of ether oxygens (including phenoxy) is 1. The fourth-order valence-corrected chi connectivity index (χ4v) is 3.67. The molecule has 0 unspecified atom stereocenters. The number of fused-ring (bicyclic) bond motifs is 1. The Hall–Kier alpha value is -1.85. The van der Waals surface area contributed by atoms with Crippen LogP contribution in [0, 0.1) is 0 Å². The number of benzene rings is 1. The average Bonchev–Trinajstić information content (AvgIpc) is 3.23. The molecule has 1 aromatic heterocycles. The van der Waals surface area contributed by atoms with Crippen molar-refractivity contribution in [1.82, 2.24) is 10.1 Å². The van der Waals surface area contributed by atoms with Gasteiger partial charge in [0.25, 0.3) is 5.91 Å². The van der Waals surface area contributed by atoms with Crippen molar-refractivity contribution in [1.29, 1.82) is 0 Å². The standard InChI is InChI=1S/C17H17ClN2O3/c18-12-4-1-3-11(9-12)13-10-16(23-19-13)17(21)20-7-8-22-15-6-2-5-14(15)20/h1,3-4,9-10,14-15H,2,5-8H2/t14-,15+/m0/s1. The van der Waals surface area contributed by atoms with E-state index in [0.717, 1.165) is 24.8 Å². The Morgan fingerprint density at radius 3 is 3.09 bits per heavy atom. The zero-order valence-corrected chi connectivity index (χ0v) is 13.3. The number of halogens is 1. The van der Waals surface area contributed by atoms with E-state index in [-0.39, 0.29) is 23.8 Å². The van der Waals surface area contributed by atoms with E-state index in [9.17, 15) is 4.79 Å². The van der Waals surface area contributed by atoms with E-state index in [4.69, 9.17) is 20.9 Å². The Kier molecular flexibility index (Phi) is 3.83. The zero-order valence-electron chi connectivity index (χ0n) is 12.6. The predicted octanol–water partition coefficient (Wildman–Crippen LogP) is 3.39. The third kappa shape index (κ3) is 2.75. The number of carbonyl (C=O) groups is 1. The van der Waals surface area contributed by atoms with Crippen LogP contribution in [0.2, 0.25) is 5.02 Å². The van der Waals surface area contributed by atoms with Gasteiger partial charge in [-0.3, -0.25) is 4.79 Å². The topological polar surface area (TPSA) is 55.6 Å². The lowest BCUT2D eigenvalue weighted by Gasteiger charge is -2.37. The highest BCUT2D eigenvalue weighted by molar-refractivity contribution is 6.30. The van der Waals surface area contributed by atoms with E-state index in [2.05, 4.69) is 5.16 Å². The van der Waals surface area contributed by atoms with Gasteiger partial charge in [0.05, 0.1) is 18.8 Å². The first kappa shape index (κ1) is 14.7. The Bertz CT molecular complexity index is 730. The number of aromatic nitrogens is 1. The first-order valence-corrected chi connectivity index (χ1v) is 8.25. The summed E-state index contributed by atoms with van der Waals surface area (Å²) in [7, 11) is 0. The average molecular weight is 333 g/mol. The van der Waals surface area contributed by atoms with Crippen LogP contribution >= 0.6 is 11.6 Å². The van der Waals surface area contributed by atoms with E-state index < -0.39 is 0 Å². The highest BCUT2D eigenvalue weighted by Gasteiger charge is 2.39. The highest BCUT2D eigenvalue weighted by atomic mass is 35.5. The van der Waals surface area contributed by atoms with Crippen LogP contribution in [0.25, 0.3) is 11.3 Å². The molecule has 120 valence electrons. The van der Waals surface area contributed by atoms with E-state index in [1.54, 1.807) is 18.2 Å². The highest BCUT2D eigenvalue weighted by Crippen LogP contribution is 2.31. The molecule has 1 aromatic carbocycles. The van der Waals surface area contributed by atoms with Crippen LogP contribution in [0.5, 0.6) is 0 Å². The van der Waals surface area contributed by atoms with Crippen molar-refractivity contribution in [2.45, 2.75) is 31.4 Å². The van der Waals surface area contributed by atoms with E-state index >= 15 is 0 Å². The number of morpholine rings is 1. The first-order chi connectivity index (χ1) is 11.2. The summed E-state index contributed by atoms with van der Waals surface area (Å²) >= 11 is 6.00. The van der Waals surface area contributed by atoms with Gasteiger partial charge in [-0.2, -0.15) is 0 Å². The summed E-state index contributed by atoms with van der Waals surface area (Å²) in [5.41, 5.74) is 1.45. The summed E-state index contributed by atoms with van der Waals surface area (Å²) < 4.78 is 11.0. The summed E-state index contributed by atoms with van der Waals surface area (Å²) in [6.45, 7) is 1.19. The molecule has 1 aliphatic heterocycles. The number of amides is 1. The van der Waals surface area contributed by atoms with Crippen LogP contribution in [-0.4, -0.2) is 41.3 Å². The largest absolute Gasteiger partial charge is 0.374 e. The van der Waals surface area contributed by atoms with Gasteiger partial charge in [-0.25, -0.2) is 0 Å². The number of nitrogens with zero attached hydrogens (tertiary/aromatic N) is 2. The molecule has 2 fully saturated rings. The second kappa shape index (κ2) is 5.98. The molecule has 2 atom stereocenters. The predicted molar refractivity (Wildman–Crippen MR) is 85.4 cm³/mol. The lowest BCUT2D eigenvalue weighted by atomic mass is 10.1. The molecule has 6 heteroatoms. The maximum absolute atomic E-state index is 12.8. The molecule has 1 amide bonds. The lowest BCUT2D eigenvalue weighted by molar-refractivity contribution is -0.0456. The normalized spacial score (nSPS) is 23.8. The fourth-order valence-electron chi connectivity index (χ4n) is 3.48. The van der Waals surface area contributed by atoms with Gasteiger partial charge in [0.1, 0.15) is 5.69 Å². The van der Waals surface area contributed by atoms with Crippen LogP contribution < -0.4 is 0 Å². The molecule has 0 radical (unpaired) electrons. The second-order valence-corrected chi connectivity index (χ2v) is 6.43. The molecule has 23 heavy (non-hydrogen) atoms. The van der Waals surface area contributed by atoms with Crippen molar-refractivity contribution in [3.05, 3.63) is 41.1 Å². The van der Waals surface area contributed by atoms with Crippen LogP contribution in [0.4, 0.5) is 0 Å². The maximum atomic E-state index is 12.8. The minimum atomic E-state index is -0.106. The van der Waals surface area contributed by atoms with Crippen molar-refractivity contribution >= 4 is 17.5 Å². The molecule has 0 N–H and O–H groups in total. The Morgan fingerprint density at radius 2 is 2.22 bits per heavy atom. The SMILES string of the molecule is O=C(c1cc(-c2cccc(Cl)c2)no1)N1CCO[C@@H]2CCC[C@@H]21. The number of hydrogen-bond acceptors (Lipinski definition) is 4. The van der Waals surface area contributed by atoms with Gasteiger partial charge in [-0.05, 0) is 31.4 Å². The maximum Gasteiger partial charge on any atom is 0.292 e. The summed E-state index contributed by atoms with van der Waals surface area (Å²) in [6, 6.07) is 9.18. The molecule has 2 heterocycles. The fraction of sp³-hybridized carbons (Fsp3) is 0.412. The molecule has 0 spiro atoms. The van der Waals surface area contributed by atoms with Crippen LogP contribution in [-0.2, 0) is 4.74 Å². The summed E-state index contributed by atoms with van der Waals surface area (Å²) in [5.74, 6) is 0.165. The number of carbonyl (C=O) groups excluding carboxylic acids is 1. The number of rotatable bonds is 2. The zero-order chi connectivity index (χ0) is 15.8. The molecule has 0 bridgehead atoms. The Labute approximate surface area is 139 Å². The molecule has 2 aliphatic rings. The lowest BCUT2D eigenvalue weighted by Crippen LogP contribution is -2.51. The molecular formula is C17H17ClN2O3. The second-order valence-electron chi connectivity index (χ2n) is 5.99. The first-order valence-electron chi connectivity index (χ1n) is 7.87. The number of hydrogen-bond donors (Lipinski definition) is 0. The monoisotopic (exact) mass is 332 g/mol. The van der Waals surface area contributed by atoms with Gasteiger partial charge in [-0.1, -0.05) is 28.9 Å². The van der Waals surface area contributed by atoms with Crippen molar-refractivity contribution in [3.63, 3.8) is 0 Å². The minimum absolute atomic E-state index is 0.106. The summed E-state index contributed by atoms with van der Waals surface area (Å²) in [6.07, 6.45) is 3.29. The van der Waals surface area contributed by atoms with Gasteiger partial charge < -0.3 is 14.2 Å². The van der Waals surface area contributed by atoms with Gasteiger partial charge >= 0.3 is 0 Å². The van der Waals surface area contributed by atoms with Crippen molar-refractivity contribution < 1.29 is 14.1 Å². The Morgan fingerprint density at radius 1 is 1.30 bits per heavy atom. The molecule has 1 aliphatic carbocycles. The molecular weight excluding hydrogens is 316 g/mol. The van der Waals surface area contributed by atoms with E-state index in [0.29, 0.717) is 23.9 Å². The van der Waals surface area contributed by atoms with E-state index in [1.807, 2.05) is 17.0 Å². The van der Waals surface area contributed by atoms with Crippen LogP contribution in [0.3, 0.4) is 0 Å². The minimum Gasteiger partial charge on any atom is -0.374 e. The molecule has 1 saturated heterocycles. The van der Waals surface area contributed by atoms with Crippen molar-refractivity contribution in [2.24, 2.45) is 0 Å². The molecule has 1 saturated carbocycles. The summed E-state index contributed by atoms with van der Waals surface area (Å²) in [5, 5.41) is 4.64. The van der Waals surface area contributed by atoms with Crippen molar-refractivity contribution in [2.75, 3.05) is 13.2 Å². The van der Waals surface area contributed by atoms with E-state index in [1.165, 1.54) is 0 Å². The van der Waals surface area contributed by atoms with Crippen LogP contribution in [0.1, 0.15) is 29.8 Å². The Balaban J connectivity index is 1.57. The van der Waals surface area contributed by atoms with Crippen molar-refractivity contribution in [3.8, 4) is 11.3 Å². The summed E-state index contributed by atoms with van der Waals surface area (Å²) in [4.78, 5) is 14.6. The van der Waals surface area contributed by atoms with Crippen LogP contribution in [0.15, 0.2) is 34.9 Å². The smallest absolute Gasteiger partial charge is 0.292 e.